The molecule has 0 unspecified atom stereocenters. The highest BCUT2D eigenvalue weighted by Crippen LogP contribution is 2.13. The molecule has 0 heterocycles. The Morgan fingerprint density at radius 2 is 2.18 bits per heavy atom. The van der Waals surface area contributed by atoms with Crippen molar-refractivity contribution < 1.29 is 0 Å². The van der Waals surface area contributed by atoms with Gasteiger partial charge in [-0.3, -0.25) is 11.3 Å². The van der Waals surface area contributed by atoms with Crippen LogP contribution in [-0.2, 0) is 0 Å². The van der Waals surface area contributed by atoms with E-state index >= 15 is 0 Å². The molecule has 2 nitrogen and oxygen atoms in total. The second-order valence-electron chi connectivity index (χ2n) is 2.85. The highest BCUT2D eigenvalue weighted by molar-refractivity contribution is 5.05. The standard InChI is InChI=1S/C9H20N2/c1-4-6-9(5-2)8(3)7-11-10/h6,8,11H,4-5,7,10H2,1-3H3/b9-6-/t8-/m0/s1. The fourth-order valence-electron chi connectivity index (χ4n) is 1.26. The third-order valence-corrected chi connectivity index (χ3v) is 1.93. The molecule has 0 spiro atoms. The summed E-state index contributed by atoms with van der Waals surface area (Å²) in [5.74, 6) is 5.81. The zero-order valence-electron chi connectivity index (χ0n) is 7.85. The van der Waals surface area contributed by atoms with Crippen LogP contribution in [0.15, 0.2) is 11.6 Å². The predicted molar refractivity (Wildman–Crippen MR) is 50.0 cm³/mol. The molecule has 0 aromatic rings. The second-order valence-corrected chi connectivity index (χ2v) is 2.85. The summed E-state index contributed by atoms with van der Waals surface area (Å²) in [5, 5.41) is 0. The van der Waals surface area contributed by atoms with E-state index in [9.17, 15) is 0 Å². The van der Waals surface area contributed by atoms with Crippen molar-refractivity contribution in [2.75, 3.05) is 6.54 Å². The summed E-state index contributed by atoms with van der Waals surface area (Å²) in [6, 6.07) is 0. The Bertz CT molecular complexity index is 119. The van der Waals surface area contributed by atoms with Crippen molar-refractivity contribution in [1.82, 2.24) is 5.43 Å². The largest absolute Gasteiger partial charge is 0.271 e. The number of nitrogens with two attached hydrogens (primary N) is 1. The van der Waals surface area contributed by atoms with Crippen LogP contribution in [-0.4, -0.2) is 6.54 Å². The second kappa shape index (κ2) is 6.38. The van der Waals surface area contributed by atoms with Crippen LogP contribution >= 0.6 is 0 Å². The molecule has 0 saturated heterocycles. The third kappa shape index (κ3) is 4.17. The number of hydrogen-bond acceptors (Lipinski definition) is 2. The topological polar surface area (TPSA) is 38.0 Å². The van der Waals surface area contributed by atoms with Gasteiger partial charge in [-0.15, -0.1) is 0 Å². The van der Waals surface area contributed by atoms with Gasteiger partial charge in [-0.05, 0) is 18.8 Å². The smallest absolute Gasteiger partial charge is 0.0160 e. The quantitative estimate of drug-likeness (QED) is 0.362. The summed E-state index contributed by atoms with van der Waals surface area (Å²) in [7, 11) is 0. The molecule has 0 saturated carbocycles. The molecule has 0 aromatic carbocycles. The van der Waals surface area contributed by atoms with Gasteiger partial charge in [0.2, 0.25) is 0 Å². The fraction of sp³-hybridized carbons (Fsp3) is 0.778. The van der Waals surface area contributed by atoms with Gasteiger partial charge in [0.25, 0.3) is 0 Å². The molecule has 66 valence electrons. The van der Waals surface area contributed by atoms with E-state index in [1.807, 2.05) is 0 Å². The molecule has 0 aliphatic carbocycles. The molecule has 0 amide bonds. The summed E-state index contributed by atoms with van der Waals surface area (Å²) in [6.45, 7) is 7.43. The first kappa shape index (κ1) is 10.7. The van der Waals surface area contributed by atoms with Crippen LogP contribution in [0.3, 0.4) is 0 Å². The van der Waals surface area contributed by atoms with Crippen molar-refractivity contribution in [2.24, 2.45) is 11.8 Å². The average Bonchev–Trinajstić information content (AvgIpc) is 2.00. The molecule has 0 aliphatic heterocycles. The number of hydrogen-bond donors (Lipinski definition) is 2. The minimum Gasteiger partial charge on any atom is -0.271 e. The van der Waals surface area contributed by atoms with E-state index in [0.717, 1.165) is 19.4 Å². The molecule has 0 bridgehead atoms. The van der Waals surface area contributed by atoms with Gasteiger partial charge in [0.1, 0.15) is 0 Å². The monoisotopic (exact) mass is 156 g/mol. The third-order valence-electron chi connectivity index (χ3n) is 1.93. The molecule has 3 N–H and O–H groups in total. The Kier molecular flexibility index (Phi) is 6.18. The lowest BCUT2D eigenvalue weighted by atomic mass is 9.98. The zero-order valence-corrected chi connectivity index (χ0v) is 7.85. The normalized spacial score (nSPS) is 15.1. The van der Waals surface area contributed by atoms with Crippen molar-refractivity contribution in [2.45, 2.75) is 33.6 Å². The Morgan fingerprint density at radius 3 is 2.55 bits per heavy atom. The first-order valence-electron chi connectivity index (χ1n) is 4.38. The molecule has 2 heteroatoms. The predicted octanol–water partition coefficient (Wildman–Crippen LogP) is 1.83. The lowest BCUT2D eigenvalue weighted by Gasteiger charge is -2.13. The summed E-state index contributed by atoms with van der Waals surface area (Å²) in [6.07, 6.45) is 4.55. The van der Waals surface area contributed by atoms with E-state index < -0.39 is 0 Å². The minimum atomic E-state index is 0.574. The Labute approximate surface area is 69.8 Å². The van der Waals surface area contributed by atoms with Gasteiger partial charge in [0.15, 0.2) is 0 Å². The van der Waals surface area contributed by atoms with Crippen molar-refractivity contribution in [1.29, 1.82) is 0 Å². The molecule has 11 heavy (non-hydrogen) atoms. The van der Waals surface area contributed by atoms with Crippen LogP contribution in [0.2, 0.25) is 0 Å². The Balaban J connectivity index is 3.91. The SMILES string of the molecule is CC/C=C(/CC)[C@@H](C)CNN. The number of allylic oxidation sites excluding steroid dienone is 1. The van der Waals surface area contributed by atoms with Gasteiger partial charge in [0.05, 0.1) is 0 Å². The van der Waals surface area contributed by atoms with Crippen LogP contribution in [0.25, 0.3) is 0 Å². The maximum atomic E-state index is 5.24. The van der Waals surface area contributed by atoms with Gasteiger partial charge < -0.3 is 0 Å². The van der Waals surface area contributed by atoms with Crippen LogP contribution < -0.4 is 11.3 Å². The van der Waals surface area contributed by atoms with Gasteiger partial charge in [-0.2, -0.15) is 0 Å². The van der Waals surface area contributed by atoms with Crippen molar-refractivity contribution >= 4 is 0 Å². The van der Waals surface area contributed by atoms with E-state index in [0.29, 0.717) is 5.92 Å². The van der Waals surface area contributed by atoms with Crippen molar-refractivity contribution in [3.8, 4) is 0 Å². The molecule has 0 fully saturated rings. The van der Waals surface area contributed by atoms with Crippen molar-refractivity contribution in [3.05, 3.63) is 11.6 Å². The Hall–Kier alpha value is -0.340. The maximum Gasteiger partial charge on any atom is 0.0160 e. The lowest BCUT2D eigenvalue weighted by Crippen LogP contribution is -2.28. The maximum absolute atomic E-state index is 5.24. The van der Waals surface area contributed by atoms with Crippen LogP contribution in [0.4, 0.5) is 0 Å². The van der Waals surface area contributed by atoms with Gasteiger partial charge in [-0.25, -0.2) is 0 Å². The van der Waals surface area contributed by atoms with Crippen molar-refractivity contribution in [3.63, 3.8) is 0 Å². The summed E-state index contributed by atoms with van der Waals surface area (Å²) < 4.78 is 0. The van der Waals surface area contributed by atoms with E-state index in [2.05, 4.69) is 32.3 Å². The Morgan fingerprint density at radius 1 is 1.55 bits per heavy atom. The molecular formula is C9H20N2. The summed E-state index contributed by atoms with van der Waals surface area (Å²) in [4.78, 5) is 0. The zero-order chi connectivity index (χ0) is 8.69. The van der Waals surface area contributed by atoms with E-state index in [1.165, 1.54) is 5.57 Å². The summed E-state index contributed by atoms with van der Waals surface area (Å²) >= 11 is 0. The van der Waals surface area contributed by atoms with Gasteiger partial charge >= 0.3 is 0 Å². The van der Waals surface area contributed by atoms with Crippen LogP contribution in [0.1, 0.15) is 33.6 Å². The van der Waals surface area contributed by atoms with Gasteiger partial charge in [0, 0.05) is 6.54 Å². The number of nitrogens with one attached hydrogen (secondary N) is 1. The first-order valence-corrected chi connectivity index (χ1v) is 4.38. The van der Waals surface area contributed by atoms with Crippen LogP contribution in [0, 0.1) is 5.92 Å². The molecular weight excluding hydrogens is 136 g/mol. The number of rotatable bonds is 5. The minimum absolute atomic E-state index is 0.574. The molecule has 1 atom stereocenters. The average molecular weight is 156 g/mol. The van der Waals surface area contributed by atoms with Crippen LogP contribution in [0.5, 0.6) is 0 Å². The van der Waals surface area contributed by atoms with E-state index in [1.54, 1.807) is 0 Å². The molecule has 0 aromatic heterocycles. The fourth-order valence-corrected chi connectivity index (χ4v) is 1.26. The molecule has 0 rings (SSSR count). The summed E-state index contributed by atoms with van der Waals surface area (Å²) in [5.41, 5.74) is 4.20. The first-order chi connectivity index (χ1) is 5.26. The van der Waals surface area contributed by atoms with Gasteiger partial charge in [-0.1, -0.05) is 32.4 Å². The molecule has 0 radical (unpaired) electrons. The van der Waals surface area contributed by atoms with E-state index in [-0.39, 0.29) is 0 Å². The lowest BCUT2D eigenvalue weighted by molar-refractivity contribution is 0.575. The highest BCUT2D eigenvalue weighted by atomic mass is 15.2. The van der Waals surface area contributed by atoms with E-state index in [4.69, 9.17) is 5.84 Å². The number of hydrazine groups is 1. The molecule has 0 aliphatic rings. The highest BCUT2D eigenvalue weighted by Gasteiger charge is 2.04.